The number of rotatable bonds is 8. The van der Waals surface area contributed by atoms with Gasteiger partial charge in [-0.1, -0.05) is 62.6 Å². The second-order valence-corrected chi connectivity index (χ2v) is 5.19. The Hall–Kier alpha value is -1.36. The molecular weight excluding hydrogens is 254 g/mol. The molecule has 1 aromatic rings. The van der Waals surface area contributed by atoms with E-state index in [9.17, 15) is 8.78 Å². The lowest BCUT2D eigenvalue weighted by atomic mass is 10.0. The van der Waals surface area contributed by atoms with Gasteiger partial charge in [-0.05, 0) is 18.6 Å². The molecule has 1 rings (SSSR count). The molecule has 0 spiro atoms. The Morgan fingerprint density at radius 2 is 1.65 bits per heavy atom. The van der Waals surface area contributed by atoms with Gasteiger partial charge >= 0.3 is 0 Å². The van der Waals surface area contributed by atoms with Gasteiger partial charge in [0, 0.05) is 24.8 Å². The maximum atomic E-state index is 13.6. The van der Waals surface area contributed by atoms with Crippen LogP contribution in [0.3, 0.4) is 0 Å². The molecule has 0 nitrogen and oxygen atoms in total. The second kappa shape index (κ2) is 9.53. The first kappa shape index (κ1) is 16.7. The average molecular weight is 278 g/mol. The van der Waals surface area contributed by atoms with Crippen LogP contribution in [-0.4, -0.2) is 5.92 Å². The van der Waals surface area contributed by atoms with Gasteiger partial charge in [0.15, 0.2) is 0 Å². The Morgan fingerprint density at radius 1 is 0.950 bits per heavy atom. The summed E-state index contributed by atoms with van der Waals surface area (Å²) in [6.45, 7) is 2.13. The van der Waals surface area contributed by atoms with Crippen LogP contribution in [-0.2, 0) is 0 Å². The molecule has 20 heavy (non-hydrogen) atoms. The molecule has 0 heterocycles. The molecule has 0 aromatic heterocycles. The second-order valence-electron chi connectivity index (χ2n) is 5.19. The minimum atomic E-state index is -2.56. The SMILES string of the molecule is CCCCCCCC(F)(F)CCC#Cc1ccccc1. The fourth-order valence-electron chi connectivity index (χ4n) is 2.04. The molecule has 0 aliphatic heterocycles. The largest absolute Gasteiger partial charge is 0.249 e. The molecule has 0 saturated carbocycles. The van der Waals surface area contributed by atoms with Crippen molar-refractivity contribution < 1.29 is 8.78 Å². The number of benzene rings is 1. The van der Waals surface area contributed by atoms with Crippen LogP contribution in [0.15, 0.2) is 30.3 Å². The lowest BCUT2D eigenvalue weighted by Crippen LogP contribution is -2.15. The molecular formula is C18H24F2. The van der Waals surface area contributed by atoms with Crippen molar-refractivity contribution in [1.82, 2.24) is 0 Å². The van der Waals surface area contributed by atoms with E-state index in [4.69, 9.17) is 0 Å². The molecule has 0 N–H and O–H groups in total. The molecule has 110 valence electrons. The third kappa shape index (κ3) is 7.94. The van der Waals surface area contributed by atoms with Gasteiger partial charge in [-0.3, -0.25) is 0 Å². The van der Waals surface area contributed by atoms with Crippen molar-refractivity contribution in [2.24, 2.45) is 0 Å². The van der Waals surface area contributed by atoms with E-state index in [0.717, 1.165) is 31.2 Å². The topological polar surface area (TPSA) is 0 Å². The molecule has 0 saturated heterocycles. The molecule has 1 aromatic carbocycles. The quantitative estimate of drug-likeness (QED) is 0.415. The molecule has 0 amide bonds. The van der Waals surface area contributed by atoms with Crippen molar-refractivity contribution in [3.8, 4) is 11.8 Å². The summed E-state index contributed by atoms with van der Waals surface area (Å²) in [4.78, 5) is 0. The predicted octanol–water partition coefficient (Wildman–Crippen LogP) is 5.81. The third-order valence-corrected chi connectivity index (χ3v) is 3.27. The highest BCUT2D eigenvalue weighted by molar-refractivity contribution is 5.33. The van der Waals surface area contributed by atoms with Crippen LogP contribution in [0.25, 0.3) is 0 Å². The summed E-state index contributed by atoms with van der Waals surface area (Å²) in [5.41, 5.74) is 0.885. The summed E-state index contributed by atoms with van der Waals surface area (Å²) in [5.74, 6) is 3.20. The van der Waals surface area contributed by atoms with Gasteiger partial charge in [-0.25, -0.2) is 8.78 Å². The van der Waals surface area contributed by atoms with Crippen LogP contribution in [0.2, 0.25) is 0 Å². The standard InChI is InChI=1S/C18H24F2/c1-2-3-4-5-10-15-18(19,20)16-11-9-14-17-12-7-6-8-13-17/h6-8,12-13H,2-5,10-11,15-16H2,1H3. The van der Waals surface area contributed by atoms with E-state index < -0.39 is 5.92 Å². The highest BCUT2D eigenvalue weighted by Crippen LogP contribution is 2.27. The highest BCUT2D eigenvalue weighted by atomic mass is 19.3. The first-order valence-electron chi connectivity index (χ1n) is 7.56. The van der Waals surface area contributed by atoms with E-state index in [-0.39, 0.29) is 19.3 Å². The molecule has 2 heteroatoms. The molecule has 0 aliphatic carbocycles. The van der Waals surface area contributed by atoms with Crippen molar-refractivity contribution in [2.75, 3.05) is 0 Å². The minimum Gasteiger partial charge on any atom is -0.207 e. The smallest absolute Gasteiger partial charge is 0.207 e. The van der Waals surface area contributed by atoms with Crippen LogP contribution in [0, 0.1) is 11.8 Å². The fraction of sp³-hybridized carbons (Fsp3) is 0.556. The van der Waals surface area contributed by atoms with Gasteiger partial charge in [0.2, 0.25) is 5.92 Å². The van der Waals surface area contributed by atoms with E-state index >= 15 is 0 Å². The minimum absolute atomic E-state index is 0.00370. The number of unbranched alkanes of at least 4 members (excludes halogenated alkanes) is 4. The molecule has 0 radical (unpaired) electrons. The summed E-state index contributed by atoms with van der Waals surface area (Å²) in [6, 6.07) is 9.49. The van der Waals surface area contributed by atoms with Crippen LogP contribution in [0.5, 0.6) is 0 Å². The zero-order chi connectivity index (χ0) is 14.7. The van der Waals surface area contributed by atoms with E-state index in [2.05, 4.69) is 18.8 Å². The van der Waals surface area contributed by atoms with Crippen molar-refractivity contribution in [1.29, 1.82) is 0 Å². The highest BCUT2D eigenvalue weighted by Gasteiger charge is 2.26. The monoisotopic (exact) mass is 278 g/mol. The molecule has 0 unspecified atom stereocenters. The van der Waals surface area contributed by atoms with Gasteiger partial charge in [0.25, 0.3) is 0 Å². The van der Waals surface area contributed by atoms with Gasteiger partial charge in [-0.15, -0.1) is 0 Å². The lowest BCUT2D eigenvalue weighted by Gasteiger charge is -2.14. The first-order valence-corrected chi connectivity index (χ1v) is 7.56. The number of hydrogen-bond donors (Lipinski definition) is 0. The Morgan fingerprint density at radius 3 is 2.35 bits per heavy atom. The zero-order valence-corrected chi connectivity index (χ0v) is 12.3. The van der Waals surface area contributed by atoms with Crippen LogP contribution >= 0.6 is 0 Å². The fourth-order valence-corrected chi connectivity index (χ4v) is 2.04. The maximum absolute atomic E-state index is 13.6. The van der Waals surface area contributed by atoms with Gasteiger partial charge in [0.1, 0.15) is 0 Å². The number of alkyl halides is 2. The third-order valence-electron chi connectivity index (χ3n) is 3.27. The van der Waals surface area contributed by atoms with E-state index in [0.29, 0.717) is 6.42 Å². The predicted molar refractivity (Wildman–Crippen MR) is 80.9 cm³/mol. The van der Waals surface area contributed by atoms with Crippen molar-refractivity contribution in [2.45, 2.75) is 64.2 Å². The van der Waals surface area contributed by atoms with Gasteiger partial charge in [-0.2, -0.15) is 0 Å². The Kier molecular flexibility index (Phi) is 7.95. The zero-order valence-electron chi connectivity index (χ0n) is 12.3. The van der Waals surface area contributed by atoms with Crippen molar-refractivity contribution in [3.63, 3.8) is 0 Å². The van der Waals surface area contributed by atoms with Crippen molar-refractivity contribution in [3.05, 3.63) is 35.9 Å². The normalized spacial score (nSPS) is 10.9. The van der Waals surface area contributed by atoms with Gasteiger partial charge in [0.05, 0.1) is 0 Å². The summed E-state index contributed by atoms with van der Waals surface area (Å²) < 4.78 is 27.2. The number of halogens is 2. The molecule has 0 fully saturated rings. The van der Waals surface area contributed by atoms with Gasteiger partial charge < -0.3 is 0 Å². The summed E-state index contributed by atoms with van der Waals surface area (Å²) in [7, 11) is 0. The van der Waals surface area contributed by atoms with E-state index in [1.165, 1.54) is 0 Å². The average Bonchev–Trinajstić information content (AvgIpc) is 2.44. The van der Waals surface area contributed by atoms with E-state index in [1.807, 2.05) is 30.3 Å². The van der Waals surface area contributed by atoms with Crippen LogP contribution < -0.4 is 0 Å². The molecule has 0 bridgehead atoms. The Balaban J connectivity index is 2.21. The van der Waals surface area contributed by atoms with E-state index in [1.54, 1.807) is 0 Å². The Labute approximate surface area is 121 Å². The van der Waals surface area contributed by atoms with Crippen LogP contribution in [0.1, 0.15) is 63.9 Å². The summed E-state index contributed by atoms with van der Waals surface area (Å²) in [6.07, 6.45) is 5.04. The number of hydrogen-bond acceptors (Lipinski definition) is 0. The molecule has 0 atom stereocenters. The summed E-state index contributed by atoms with van der Waals surface area (Å²) >= 11 is 0. The Bertz CT molecular complexity index is 412. The lowest BCUT2D eigenvalue weighted by molar-refractivity contribution is -0.0169. The first-order chi connectivity index (χ1) is 9.64. The summed E-state index contributed by atoms with van der Waals surface area (Å²) in [5, 5.41) is 0. The van der Waals surface area contributed by atoms with Crippen LogP contribution in [0.4, 0.5) is 8.78 Å². The molecule has 0 aliphatic rings. The van der Waals surface area contributed by atoms with Crippen molar-refractivity contribution >= 4 is 0 Å². The maximum Gasteiger partial charge on any atom is 0.249 e.